The molecule has 0 radical (unpaired) electrons. The minimum absolute atomic E-state index is 0.0391. The number of carbonyl (C=O) groups is 2. The van der Waals surface area contributed by atoms with Crippen molar-refractivity contribution in [2.45, 2.75) is 39.7 Å². The molecule has 1 saturated heterocycles. The molecule has 0 spiro atoms. The summed E-state index contributed by atoms with van der Waals surface area (Å²) in [5.74, 6) is -1.31. The number of hydrogen-bond donors (Lipinski definition) is 1. The lowest BCUT2D eigenvalue weighted by molar-refractivity contribution is -0.139. The van der Waals surface area contributed by atoms with Crippen LogP contribution in [0.25, 0.3) is 5.76 Å². The van der Waals surface area contributed by atoms with Crippen LogP contribution >= 0.6 is 0 Å². The van der Waals surface area contributed by atoms with Crippen molar-refractivity contribution < 1.29 is 28.6 Å². The van der Waals surface area contributed by atoms with Gasteiger partial charge in [-0.25, -0.2) is 4.39 Å². The number of benzene rings is 2. The standard InChI is InChI=1S/C25H28FNO5/c1-4-7-14-27-22(16-8-10-17(26)11-9-16)21(24(29)25(27)30)23(28)19-13-12-18(31-5-2)15-20(19)32-6-3/h8-13,15,22,28H,4-7,14H2,1-3H3/b23-21-. The van der Waals surface area contributed by atoms with Gasteiger partial charge in [0.2, 0.25) is 0 Å². The van der Waals surface area contributed by atoms with Gasteiger partial charge in [-0.15, -0.1) is 0 Å². The van der Waals surface area contributed by atoms with E-state index >= 15 is 0 Å². The van der Waals surface area contributed by atoms with E-state index in [0.717, 1.165) is 6.42 Å². The van der Waals surface area contributed by atoms with Gasteiger partial charge in [0.05, 0.1) is 30.4 Å². The quantitative estimate of drug-likeness (QED) is 0.342. The summed E-state index contributed by atoms with van der Waals surface area (Å²) in [6.45, 7) is 6.79. The minimum Gasteiger partial charge on any atom is -0.507 e. The number of aliphatic hydroxyl groups is 1. The Morgan fingerprint density at radius 1 is 1.03 bits per heavy atom. The van der Waals surface area contributed by atoms with Crippen molar-refractivity contribution in [3.63, 3.8) is 0 Å². The Hall–Kier alpha value is -3.35. The molecule has 1 fully saturated rings. The first-order valence-electron chi connectivity index (χ1n) is 10.9. The summed E-state index contributed by atoms with van der Waals surface area (Å²) in [5, 5.41) is 11.3. The van der Waals surface area contributed by atoms with Crippen molar-refractivity contribution in [1.29, 1.82) is 0 Å². The highest BCUT2D eigenvalue weighted by atomic mass is 19.1. The van der Waals surface area contributed by atoms with Crippen LogP contribution < -0.4 is 9.47 Å². The van der Waals surface area contributed by atoms with Gasteiger partial charge < -0.3 is 19.5 Å². The Labute approximate surface area is 187 Å². The van der Waals surface area contributed by atoms with E-state index in [-0.39, 0.29) is 16.9 Å². The molecule has 32 heavy (non-hydrogen) atoms. The van der Waals surface area contributed by atoms with Crippen molar-refractivity contribution in [2.75, 3.05) is 19.8 Å². The summed E-state index contributed by atoms with van der Waals surface area (Å²) in [6.07, 6.45) is 1.52. The average molecular weight is 441 g/mol. The van der Waals surface area contributed by atoms with Crippen molar-refractivity contribution in [1.82, 2.24) is 4.90 Å². The maximum Gasteiger partial charge on any atom is 0.295 e. The third-order valence-electron chi connectivity index (χ3n) is 5.30. The molecule has 0 aromatic heterocycles. The number of ketones is 1. The van der Waals surface area contributed by atoms with Crippen LogP contribution in [-0.4, -0.2) is 41.5 Å². The minimum atomic E-state index is -0.816. The zero-order valence-corrected chi connectivity index (χ0v) is 18.6. The molecule has 1 N–H and O–H groups in total. The van der Waals surface area contributed by atoms with Gasteiger partial charge in [0, 0.05) is 12.6 Å². The molecule has 1 aliphatic heterocycles. The molecule has 1 amide bonds. The van der Waals surface area contributed by atoms with E-state index in [9.17, 15) is 19.1 Å². The smallest absolute Gasteiger partial charge is 0.295 e. The van der Waals surface area contributed by atoms with Crippen LogP contribution in [0.1, 0.15) is 50.8 Å². The molecule has 2 aromatic rings. The Balaban J connectivity index is 2.18. The molecule has 2 aromatic carbocycles. The largest absolute Gasteiger partial charge is 0.507 e. The molecule has 1 atom stereocenters. The van der Waals surface area contributed by atoms with Gasteiger partial charge >= 0.3 is 0 Å². The fourth-order valence-corrected chi connectivity index (χ4v) is 3.81. The molecule has 3 rings (SSSR count). The zero-order chi connectivity index (χ0) is 23.3. The highest BCUT2D eigenvalue weighted by molar-refractivity contribution is 6.46. The summed E-state index contributed by atoms with van der Waals surface area (Å²) in [6, 6.07) is 9.70. The predicted octanol–water partition coefficient (Wildman–Crippen LogP) is 4.84. The van der Waals surface area contributed by atoms with Gasteiger partial charge in [0.25, 0.3) is 11.7 Å². The molecule has 0 aliphatic carbocycles. The molecular formula is C25H28FNO5. The number of rotatable bonds is 9. The average Bonchev–Trinajstić information content (AvgIpc) is 3.03. The van der Waals surface area contributed by atoms with E-state index < -0.39 is 23.5 Å². The van der Waals surface area contributed by atoms with Gasteiger partial charge in [-0.2, -0.15) is 0 Å². The second-order valence-electron chi connectivity index (χ2n) is 7.42. The molecule has 6 nitrogen and oxygen atoms in total. The van der Waals surface area contributed by atoms with E-state index in [1.165, 1.54) is 29.2 Å². The maximum atomic E-state index is 13.5. The van der Waals surface area contributed by atoms with Gasteiger partial charge in [-0.05, 0) is 50.1 Å². The first-order valence-corrected chi connectivity index (χ1v) is 10.9. The van der Waals surface area contributed by atoms with Gasteiger partial charge in [-0.1, -0.05) is 25.5 Å². The van der Waals surface area contributed by atoms with Crippen LogP contribution in [0.15, 0.2) is 48.0 Å². The van der Waals surface area contributed by atoms with E-state index in [1.54, 1.807) is 25.1 Å². The number of halogens is 1. The Bertz CT molecular complexity index is 1020. The number of Topliss-reactive ketones (excluding diaryl/α,β-unsaturated/α-hetero) is 1. The molecule has 1 unspecified atom stereocenters. The number of nitrogens with zero attached hydrogens (tertiary/aromatic N) is 1. The summed E-state index contributed by atoms with van der Waals surface area (Å²) < 4.78 is 24.7. The summed E-state index contributed by atoms with van der Waals surface area (Å²) in [4.78, 5) is 27.3. The molecule has 0 saturated carbocycles. The van der Waals surface area contributed by atoms with Crippen LogP contribution in [-0.2, 0) is 9.59 Å². The number of likely N-dealkylation sites (tertiary alicyclic amines) is 1. The number of amides is 1. The maximum absolute atomic E-state index is 13.5. The van der Waals surface area contributed by atoms with Crippen molar-refractivity contribution in [2.24, 2.45) is 0 Å². The van der Waals surface area contributed by atoms with Gasteiger partial charge in [-0.3, -0.25) is 9.59 Å². The lowest BCUT2D eigenvalue weighted by Gasteiger charge is -2.25. The van der Waals surface area contributed by atoms with Crippen molar-refractivity contribution >= 4 is 17.4 Å². The first kappa shape index (κ1) is 23.3. The fraction of sp³-hybridized carbons (Fsp3) is 0.360. The highest BCUT2D eigenvalue weighted by Crippen LogP contribution is 2.41. The van der Waals surface area contributed by atoms with Crippen molar-refractivity contribution in [3.8, 4) is 11.5 Å². The lowest BCUT2D eigenvalue weighted by Crippen LogP contribution is -2.30. The second kappa shape index (κ2) is 10.3. The number of unbranched alkanes of at least 4 members (excludes halogenated alkanes) is 1. The van der Waals surface area contributed by atoms with E-state index in [4.69, 9.17) is 9.47 Å². The van der Waals surface area contributed by atoms with Gasteiger partial charge in [0.15, 0.2) is 0 Å². The molecule has 1 heterocycles. The second-order valence-corrected chi connectivity index (χ2v) is 7.42. The highest BCUT2D eigenvalue weighted by Gasteiger charge is 2.46. The van der Waals surface area contributed by atoms with Crippen LogP contribution in [0.2, 0.25) is 0 Å². The molecular weight excluding hydrogens is 413 g/mol. The van der Waals surface area contributed by atoms with E-state index in [1.807, 2.05) is 13.8 Å². The first-order chi connectivity index (χ1) is 15.4. The summed E-state index contributed by atoms with van der Waals surface area (Å²) >= 11 is 0. The monoisotopic (exact) mass is 441 g/mol. The van der Waals surface area contributed by atoms with Crippen molar-refractivity contribution in [3.05, 3.63) is 65.0 Å². The van der Waals surface area contributed by atoms with Crippen LogP contribution in [0, 0.1) is 5.82 Å². The molecule has 170 valence electrons. The Kier molecular flexibility index (Phi) is 7.51. The summed E-state index contributed by atoms with van der Waals surface area (Å²) in [5.41, 5.74) is 0.797. The predicted molar refractivity (Wildman–Crippen MR) is 119 cm³/mol. The molecule has 0 bridgehead atoms. The van der Waals surface area contributed by atoms with Gasteiger partial charge in [0.1, 0.15) is 23.1 Å². The molecule has 7 heteroatoms. The number of aliphatic hydroxyl groups excluding tert-OH is 1. The number of hydrogen-bond acceptors (Lipinski definition) is 5. The summed E-state index contributed by atoms with van der Waals surface area (Å²) in [7, 11) is 0. The number of carbonyl (C=O) groups excluding carboxylic acids is 2. The Morgan fingerprint density at radius 3 is 2.34 bits per heavy atom. The normalized spacial score (nSPS) is 17.6. The SMILES string of the molecule is CCCCN1C(=O)C(=O)/C(=C(\O)c2ccc(OCC)cc2OCC)C1c1ccc(F)cc1. The molecule has 1 aliphatic rings. The van der Waals surface area contributed by atoms with Crippen LogP contribution in [0.4, 0.5) is 4.39 Å². The third kappa shape index (κ3) is 4.61. The van der Waals surface area contributed by atoms with Crippen LogP contribution in [0.3, 0.4) is 0 Å². The van der Waals surface area contributed by atoms with E-state index in [0.29, 0.717) is 43.2 Å². The Morgan fingerprint density at radius 2 is 1.72 bits per heavy atom. The fourth-order valence-electron chi connectivity index (χ4n) is 3.81. The topological polar surface area (TPSA) is 76.1 Å². The number of ether oxygens (including phenoxy) is 2. The van der Waals surface area contributed by atoms with E-state index in [2.05, 4.69) is 0 Å². The van der Waals surface area contributed by atoms with Crippen LogP contribution in [0.5, 0.6) is 11.5 Å². The lowest BCUT2D eigenvalue weighted by atomic mass is 9.95. The zero-order valence-electron chi connectivity index (χ0n) is 18.6. The third-order valence-corrected chi connectivity index (χ3v) is 5.30.